The summed E-state index contributed by atoms with van der Waals surface area (Å²) in [5.41, 5.74) is 1.01. The van der Waals surface area contributed by atoms with Crippen molar-refractivity contribution in [2.75, 3.05) is 0 Å². The van der Waals surface area contributed by atoms with Crippen molar-refractivity contribution in [2.45, 2.75) is 25.9 Å². The molecule has 1 atom stereocenters. The predicted octanol–water partition coefficient (Wildman–Crippen LogP) is 2.16. The highest BCUT2D eigenvalue weighted by molar-refractivity contribution is 9.10. The molecule has 0 saturated heterocycles. The Kier molecular flexibility index (Phi) is 3.69. The van der Waals surface area contributed by atoms with Gasteiger partial charge in [-0.05, 0) is 47.8 Å². The first-order valence-corrected chi connectivity index (χ1v) is 4.77. The Labute approximate surface area is 80.8 Å². The highest BCUT2D eigenvalue weighted by Crippen LogP contribution is 2.15. The smallest absolute Gasteiger partial charge is 0.0546 e. The summed E-state index contributed by atoms with van der Waals surface area (Å²) in [6.45, 7) is 1.79. The van der Waals surface area contributed by atoms with Crippen molar-refractivity contribution in [1.82, 2.24) is 4.98 Å². The zero-order valence-electron chi connectivity index (χ0n) is 7.00. The van der Waals surface area contributed by atoms with Crippen molar-refractivity contribution in [3.63, 3.8) is 0 Å². The van der Waals surface area contributed by atoms with E-state index in [4.69, 9.17) is 5.11 Å². The highest BCUT2D eigenvalue weighted by Gasteiger charge is 2.01. The molecule has 0 aliphatic rings. The fourth-order valence-corrected chi connectivity index (χ4v) is 1.40. The van der Waals surface area contributed by atoms with Crippen molar-refractivity contribution in [2.24, 2.45) is 0 Å². The summed E-state index contributed by atoms with van der Waals surface area (Å²) in [4.78, 5) is 4.19. The Morgan fingerprint density at radius 3 is 3.00 bits per heavy atom. The van der Waals surface area contributed by atoms with Gasteiger partial charge < -0.3 is 5.11 Å². The molecule has 0 aliphatic heterocycles. The lowest BCUT2D eigenvalue weighted by molar-refractivity contribution is 0.184. The minimum absolute atomic E-state index is 0.251. The van der Waals surface area contributed by atoms with Crippen molar-refractivity contribution in [1.29, 1.82) is 0 Å². The molecule has 1 aromatic heterocycles. The van der Waals surface area contributed by atoms with Crippen LogP contribution in [0.2, 0.25) is 0 Å². The molecule has 66 valence electrons. The minimum atomic E-state index is -0.251. The molecule has 1 heterocycles. The molecule has 2 nitrogen and oxygen atoms in total. The fraction of sp³-hybridized carbons (Fsp3) is 0.444. The van der Waals surface area contributed by atoms with E-state index in [1.54, 1.807) is 13.1 Å². The maximum absolute atomic E-state index is 9.06. The van der Waals surface area contributed by atoms with Crippen LogP contribution in [0.5, 0.6) is 0 Å². The van der Waals surface area contributed by atoms with Crippen molar-refractivity contribution >= 4 is 15.9 Å². The van der Waals surface area contributed by atoms with E-state index < -0.39 is 0 Å². The van der Waals surface area contributed by atoms with Crippen LogP contribution in [0.15, 0.2) is 22.8 Å². The van der Waals surface area contributed by atoms with Crippen LogP contribution >= 0.6 is 15.9 Å². The van der Waals surface area contributed by atoms with Crippen LogP contribution in [0.25, 0.3) is 0 Å². The Morgan fingerprint density at radius 2 is 2.42 bits per heavy atom. The lowest BCUT2D eigenvalue weighted by Gasteiger charge is -2.04. The summed E-state index contributed by atoms with van der Waals surface area (Å²) in [5, 5.41) is 9.06. The zero-order valence-corrected chi connectivity index (χ0v) is 8.58. The van der Waals surface area contributed by atoms with Crippen LogP contribution in [0.3, 0.4) is 0 Å². The number of aliphatic hydroxyl groups is 1. The van der Waals surface area contributed by atoms with Gasteiger partial charge in [-0.3, -0.25) is 4.98 Å². The largest absolute Gasteiger partial charge is 0.393 e. The second kappa shape index (κ2) is 4.58. The number of halogens is 1. The van der Waals surface area contributed by atoms with Crippen LogP contribution in [0.1, 0.15) is 19.0 Å². The number of hydrogen-bond acceptors (Lipinski definition) is 2. The van der Waals surface area contributed by atoms with E-state index in [0.29, 0.717) is 0 Å². The van der Waals surface area contributed by atoms with Gasteiger partial charge in [-0.2, -0.15) is 0 Å². The molecule has 1 aromatic rings. The molecule has 0 amide bonds. The van der Waals surface area contributed by atoms with E-state index in [9.17, 15) is 0 Å². The molecular weight excluding hydrogens is 218 g/mol. The number of pyridine rings is 1. The van der Waals surface area contributed by atoms with Gasteiger partial charge in [0.1, 0.15) is 0 Å². The molecule has 0 bridgehead atoms. The van der Waals surface area contributed by atoms with Gasteiger partial charge in [0.05, 0.1) is 11.8 Å². The van der Waals surface area contributed by atoms with Crippen LogP contribution in [0.4, 0.5) is 0 Å². The van der Waals surface area contributed by atoms with Crippen molar-refractivity contribution < 1.29 is 5.11 Å². The summed E-state index contributed by atoms with van der Waals surface area (Å²) in [6, 6.07) is 3.85. The van der Waals surface area contributed by atoms with E-state index >= 15 is 0 Å². The average Bonchev–Trinajstić information content (AvgIpc) is 2.03. The van der Waals surface area contributed by atoms with Crippen molar-refractivity contribution in [3.8, 4) is 0 Å². The summed E-state index contributed by atoms with van der Waals surface area (Å²) in [6.07, 6.45) is 3.09. The number of aromatic nitrogens is 1. The first-order valence-electron chi connectivity index (χ1n) is 3.97. The predicted molar refractivity (Wildman–Crippen MR) is 51.9 cm³/mol. The summed E-state index contributed by atoms with van der Waals surface area (Å²) >= 11 is 3.40. The third-order valence-electron chi connectivity index (χ3n) is 1.63. The minimum Gasteiger partial charge on any atom is -0.393 e. The van der Waals surface area contributed by atoms with Gasteiger partial charge in [0.2, 0.25) is 0 Å². The van der Waals surface area contributed by atoms with Gasteiger partial charge in [-0.25, -0.2) is 0 Å². The van der Waals surface area contributed by atoms with E-state index in [1.165, 1.54) is 0 Å². The maximum Gasteiger partial charge on any atom is 0.0546 e. The maximum atomic E-state index is 9.06. The molecule has 0 spiro atoms. The molecule has 1 rings (SSSR count). The van der Waals surface area contributed by atoms with E-state index in [-0.39, 0.29) is 6.10 Å². The zero-order chi connectivity index (χ0) is 8.97. The molecule has 0 aromatic carbocycles. The third kappa shape index (κ3) is 2.91. The van der Waals surface area contributed by atoms with Crippen LogP contribution < -0.4 is 0 Å². The average molecular weight is 230 g/mol. The summed E-state index contributed by atoms with van der Waals surface area (Å²) in [7, 11) is 0. The fourth-order valence-electron chi connectivity index (χ4n) is 0.948. The third-order valence-corrected chi connectivity index (χ3v) is 2.36. The number of hydrogen-bond donors (Lipinski definition) is 1. The number of aliphatic hydroxyl groups excluding tert-OH is 1. The monoisotopic (exact) mass is 229 g/mol. The lowest BCUT2D eigenvalue weighted by atomic mass is 10.1. The van der Waals surface area contributed by atoms with Crippen LogP contribution in [-0.4, -0.2) is 16.2 Å². The SMILES string of the molecule is CC(O)CCc1ncccc1Br. The first-order chi connectivity index (χ1) is 5.70. The molecule has 0 aliphatic carbocycles. The number of aryl methyl sites for hydroxylation is 1. The van der Waals surface area contributed by atoms with E-state index in [2.05, 4.69) is 20.9 Å². The van der Waals surface area contributed by atoms with Crippen molar-refractivity contribution in [3.05, 3.63) is 28.5 Å². The molecule has 0 saturated carbocycles. The van der Waals surface area contributed by atoms with E-state index in [1.807, 2.05) is 12.1 Å². The van der Waals surface area contributed by atoms with Crippen LogP contribution in [0, 0.1) is 0 Å². The Bertz CT molecular complexity index is 250. The Balaban J connectivity index is 2.57. The lowest BCUT2D eigenvalue weighted by Crippen LogP contribution is -2.02. The first kappa shape index (κ1) is 9.68. The molecule has 1 unspecified atom stereocenters. The molecular formula is C9H12BrNO. The molecule has 12 heavy (non-hydrogen) atoms. The van der Waals surface area contributed by atoms with Gasteiger partial charge in [-0.1, -0.05) is 0 Å². The molecule has 1 N–H and O–H groups in total. The molecule has 3 heteroatoms. The summed E-state index contributed by atoms with van der Waals surface area (Å²) in [5.74, 6) is 0. The van der Waals surface area contributed by atoms with Gasteiger partial charge in [0.25, 0.3) is 0 Å². The van der Waals surface area contributed by atoms with E-state index in [0.717, 1.165) is 23.0 Å². The number of nitrogens with zero attached hydrogens (tertiary/aromatic N) is 1. The second-order valence-electron chi connectivity index (χ2n) is 2.82. The Hall–Kier alpha value is -0.410. The topological polar surface area (TPSA) is 33.1 Å². The standard InChI is InChI=1S/C9H12BrNO/c1-7(12)4-5-9-8(10)3-2-6-11-9/h2-3,6-7,12H,4-5H2,1H3. The second-order valence-corrected chi connectivity index (χ2v) is 3.67. The van der Waals surface area contributed by atoms with Gasteiger partial charge in [-0.15, -0.1) is 0 Å². The number of rotatable bonds is 3. The van der Waals surface area contributed by atoms with Gasteiger partial charge in [0.15, 0.2) is 0 Å². The van der Waals surface area contributed by atoms with Gasteiger partial charge in [0, 0.05) is 10.7 Å². The van der Waals surface area contributed by atoms with Gasteiger partial charge >= 0.3 is 0 Å². The normalized spacial score (nSPS) is 12.9. The quantitative estimate of drug-likeness (QED) is 0.863. The Morgan fingerprint density at radius 1 is 1.67 bits per heavy atom. The summed E-state index contributed by atoms with van der Waals surface area (Å²) < 4.78 is 1.02. The molecule has 0 radical (unpaired) electrons. The van der Waals surface area contributed by atoms with Crippen LogP contribution in [-0.2, 0) is 6.42 Å². The molecule has 0 fully saturated rings. The highest BCUT2D eigenvalue weighted by atomic mass is 79.9.